The van der Waals surface area contributed by atoms with E-state index in [1.54, 1.807) is 0 Å². The fourth-order valence-electron chi connectivity index (χ4n) is 1.63. The molecule has 0 aliphatic rings. The van der Waals surface area contributed by atoms with Gasteiger partial charge < -0.3 is 0 Å². The van der Waals surface area contributed by atoms with Gasteiger partial charge in [-0.25, -0.2) is 13.8 Å². The number of rotatable bonds is 3. The lowest BCUT2D eigenvalue weighted by atomic mass is 10.1. The number of benzene rings is 1. The Morgan fingerprint density at radius 3 is 2.78 bits per heavy atom. The van der Waals surface area contributed by atoms with Crippen molar-refractivity contribution in [2.24, 2.45) is 0 Å². The van der Waals surface area contributed by atoms with Gasteiger partial charge in [0.05, 0.1) is 16.8 Å². The summed E-state index contributed by atoms with van der Waals surface area (Å²) in [4.78, 5) is 5.31. The standard InChI is InChI=1S/C13H10F2N2S/c1-8-13(17-12(18-8)3-2-6-16)9-4-5-10(14)11(15)7-9/h4-5,7H,2-3H2,1H3. The third-order valence-corrected chi connectivity index (χ3v) is 3.52. The van der Waals surface area contributed by atoms with Crippen molar-refractivity contribution in [2.75, 3.05) is 0 Å². The van der Waals surface area contributed by atoms with Crippen LogP contribution in [0.2, 0.25) is 0 Å². The van der Waals surface area contributed by atoms with E-state index in [0.717, 1.165) is 22.0 Å². The third kappa shape index (κ3) is 2.54. The molecule has 0 spiro atoms. The van der Waals surface area contributed by atoms with E-state index in [-0.39, 0.29) is 0 Å². The maximum Gasteiger partial charge on any atom is 0.159 e. The SMILES string of the molecule is Cc1sc(CCC#N)nc1-c1ccc(F)c(F)c1. The van der Waals surface area contributed by atoms with Crippen molar-refractivity contribution in [3.05, 3.63) is 39.7 Å². The molecule has 0 saturated carbocycles. The smallest absolute Gasteiger partial charge is 0.159 e. The van der Waals surface area contributed by atoms with Gasteiger partial charge in [-0.05, 0) is 25.1 Å². The Balaban J connectivity index is 2.35. The number of thiazole rings is 1. The first-order valence-corrected chi connectivity index (χ1v) is 6.22. The minimum Gasteiger partial charge on any atom is -0.241 e. The van der Waals surface area contributed by atoms with Crippen molar-refractivity contribution in [3.63, 3.8) is 0 Å². The number of nitriles is 1. The van der Waals surface area contributed by atoms with E-state index in [4.69, 9.17) is 5.26 Å². The normalized spacial score (nSPS) is 10.3. The van der Waals surface area contributed by atoms with Gasteiger partial charge in [0, 0.05) is 23.3 Å². The first-order chi connectivity index (χ1) is 8.61. The molecule has 0 atom stereocenters. The van der Waals surface area contributed by atoms with Crippen LogP contribution >= 0.6 is 11.3 Å². The van der Waals surface area contributed by atoms with Gasteiger partial charge in [-0.3, -0.25) is 0 Å². The average Bonchev–Trinajstić information content (AvgIpc) is 2.71. The van der Waals surface area contributed by atoms with Crippen LogP contribution in [-0.2, 0) is 6.42 Å². The van der Waals surface area contributed by atoms with Crippen LogP contribution in [0.5, 0.6) is 0 Å². The van der Waals surface area contributed by atoms with Gasteiger partial charge in [0.15, 0.2) is 11.6 Å². The summed E-state index contributed by atoms with van der Waals surface area (Å²) < 4.78 is 26.0. The Morgan fingerprint density at radius 2 is 2.11 bits per heavy atom. The number of halogens is 2. The highest BCUT2D eigenvalue weighted by atomic mass is 32.1. The topological polar surface area (TPSA) is 36.7 Å². The zero-order chi connectivity index (χ0) is 13.1. The molecule has 0 N–H and O–H groups in total. The molecule has 1 aromatic heterocycles. The van der Waals surface area contributed by atoms with E-state index in [1.807, 2.05) is 6.92 Å². The molecule has 0 amide bonds. The summed E-state index contributed by atoms with van der Waals surface area (Å²) in [6.07, 6.45) is 0.996. The molecule has 2 nitrogen and oxygen atoms in total. The highest BCUT2D eigenvalue weighted by molar-refractivity contribution is 7.12. The minimum absolute atomic E-state index is 0.407. The minimum atomic E-state index is -0.876. The van der Waals surface area contributed by atoms with E-state index < -0.39 is 11.6 Å². The van der Waals surface area contributed by atoms with Gasteiger partial charge in [-0.15, -0.1) is 11.3 Å². The van der Waals surface area contributed by atoms with Crippen molar-refractivity contribution in [3.8, 4) is 17.3 Å². The quantitative estimate of drug-likeness (QED) is 0.844. The van der Waals surface area contributed by atoms with Crippen LogP contribution in [0.3, 0.4) is 0 Å². The predicted molar refractivity (Wildman–Crippen MR) is 66.1 cm³/mol. The number of nitrogens with zero attached hydrogens (tertiary/aromatic N) is 2. The molecule has 1 heterocycles. The molecule has 0 bridgehead atoms. The zero-order valence-electron chi connectivity index (χ0n) is 9.70. The maximum absolute atomic E-state index is 13.2. The summed E-state index contributed by atoms with van der Waals surface area (Å²) >= 11 is 1.48. The Hall–Kier alpha value is -1.80. The molecule has 18 heavy (non-hydrogen) atoms. The molecular weight excluding hydrogens is 254 g/mol. The summed E-state index contributed by atoms with van der Waals surface area (Å²) in [7, 11) is 0. The summed E-state index contributed by atoms with van der Waals surface area (Å²) in [5, 5.41) is 9.36. The molecule has 0 radical (unpaired) electrons. The molecule has 0 fully saturated rings. The highest BCUT2D eigenvalue weighted by Crippen LogP contribution is 2.29. The lowest BCUT2D eigenvalue weighted by molar-refractivity contribution is 0.509. The van der Waals surface area contributed by atoms with Gasteiger partial charge in [0.2, 0.25) is 0 Å². The summed E-state index contributed by atoms with van der Waals surface area (Å²) in [5.41, 5.74) is 1.22. The van der Waals surface area contributed by atoms with Crippen molar-refractivity contribution in [1.82, 2.24) is 4.98 Å². The van der Waals surface area contributed by atoms with Crippen LogP contribution in [0.1, 0.15) is 16.3 Å². The highest BCUT2D eigenvalue weighted by Gasteiger charge is 2.11. The predicted octanol–water partition coefficient (Wildman–Crippen LogP) is 3.85. The average molecular weight is 264 g/mol. The molecule has 0 unspecified atom stereocenters. The van der Waals surface area contributed by atoms with Gasteiger partial charge in [-0.2, -0.15) is 5.26 Å². The first-order valence-electron chi connectivity index (χ1n) is 5.40. The lowest BCUT2D eigenvalue weighted by Gasteiger charge is -1.99. The fraction of sp³-hybridized carbons (Fsp3) is 0.231. The molecular formula is C13H10F2N2S. The fourth-order valence-corrected chi connectivity index (χ4v) is 2.59. The Morgan fingerprint density at radius 1 is 1.33 bits per heavy atom. The molecule has 2 rings (SSSR count). The van der Waals surface area contributed by atoms with E-state index in [9.17, 15) is 8.78 Å². The zero-order valence-corrected chi connectivity index (χ0v) is 10.5. The number of aromatic nitrogens is 1. The van der Waals surface area contributed by atoms with Crippen LogP contribution in [0.25, 0.3) is 11.3 Å². The first kappa shape index (κ1) is 12.7. The molecule has 5 heteroatoms. The van der Waals surface area contributed by atoms with Gasteiger partial charge in [0.25, 0.3) is 0 Å². The maximum atomic E-state index is 13.2. The van der Waals surface area contributed by atoms with E-state index in [0.29, 0.717) is 24.1 Å². The largest absolute Gasteiger partial charge is 0.241 e. The second kappa shape index (κ2) is 5.23. The van der Waals surface area contributed by atoms with Gasteiger partial charge in [0.1, 0.15) is 0 Å². The number of hydrogen-bond donors (Lipinski definition) is 0. The van der Waals surface area contributed by atoms with Crippen molar-refractivity contribution < 1.29 is 8.78 Å². The summed E-state index contributed by atoms with van der Waals surface area (Å²) in [6.45, 7) is 1.88. The number of hydrogen-bond acceptors (Lipinski definition) is 3. The Labute approximate surface area is 108 Å². The monoisotopic (exact) mass is 264 g/mol. The van der Waals surface area contributed by atoms with E-state index in [1.165, 1.54) is 17.4 Å². The van der Waals surface area contributed by atoms with Crippen LogP contribution < -0.4 is 0 Å². The van der Waals surface area contributed by atoms with Crippen LogP contribution in [-0.4, -0.2) is 4.98 Å². The van der Waals surface area contributed by atoms with E-state index >= 15 is 0 Å². The van der Waals surface area contributed by atoms with Crippen molar-refractivity contribution in [2.45, 2.75) is 19.8 Å². The summed E-state index contributed by atoms with van der Waals surface area (Å²) in [5.74, 6) is -1.74. The number of aryl methyl sites for hydroxylation is 2. The Bertz CT molecular complexity index is 614. The van der Waals surface area contributed by atoms with Gasteiger partial charge >= 0.3 is 0 Å². The van der Waals surface area contributed by atoms with Crippen LogP contribution in [0.15, 0.2) is 18.2 Å². The molecule has 2 aromatic rings. The summed E-state index contributed by atoms with van der Waals surface area (Å²) in [6, 6.07) is 5.81. The van der Waals surface area contributed by atoms with Crippen molar-refractivity contribution >= 4 is 11.3 Å². The molecule has 92 valence electrons. The van der Waals surface area contributed by atoms with Crippen molar-refractivity contribution in [1.29, 1.82) is 5.26 Å². The second-order valence-electron chi connectivity index (χ2n) is 3.80. The molecule has 0 saturated heterocycles. The third-order valence-electron chi connectivity index (χ3n) is 2.48. The van der Waals surface area contributed by atoms with Crippen LogP contribution in [0, 0.1) is 29.9 Å². The molecule has 0 aliphatic carbocycles. The van der Waals surface area contributed by atoms with Crippen LogP contribution in [0.4, 0.5) is 8.78 Å². The molecule has 0 aliphatic heterocycles. The molecule has 1 aromatic carbocycles. The Kier molecular flexibility index (Phi) is 3.68. The van der Waals surface area contributed by atoms with E-state index in [2.05, 4.69) is 11.1 Å². The second-order valence-corrected chi connectivity index (χ2v) is 5.09. The van der Waals surface area contributed by atoms with Gasteiger partial charge in [-0.1, -0.05) is 0 Å². The lowest BCUT2D eigenvalue weighted by Crippen LogP contribution is -1.88.